The summed E-state index contributed by atoms with van der Waals surface area (Å²) in [4.78, 5) is 11.5. The van der Waals surface area contributed by atoms with E-state index in [2.05, 4.69) is 6.92 Å². The molecule has 174 valence electrons. The normalized spacial score (nSPS) is 11.3. The summed E-state index contributed by atoms with van der Waals surface area (Å²) < 4.78 is 41.1. The van der Waals surface area contributed by atoms with Crippen molar-refractivity contribution < 1.29 is 56.8 Å². The molecule has 8 heteroatoms. The van der Waals surface area contributed by atoms with Crippen molar-refractivity contribution in [3.05, 3.63) is 0 Å². The number of esters is 1. The summed E-state index contributed by atoms with van der Waals surface area (Å²) in [5.41, 5.74) is 0. The molecule has 0 aliphatic rings. The van der Waals surface area contributed by atoms with Crippen LogP contribution in [0.3, 0.4) is 0 Å². The minimum absolute atomic E-state index is 0. The van der Waals surface area contributed by atoms with E-state index in [9.17, 15) is 17.8 Å². The first-order valence-electron chi connectivity index (χ1n) is 11.6. The monoisotopic (exact) mass is 458 g/mol. The van der Waals surface area contributed by atoms with Crippen LogP contribution in [0.25, 0.3) is 0 Å². The van der Waals surface area contributed by atoms with Gasteiger partial charge in [0.2, 0.25) is 0 Å². The first-order valence-corrected chi connectivity index (χ1v) is 13.2. The van der Waals surface area contributed by atoms with Crippen molar-refractivity contribution in [2.75, 3.05) is 25.6 Å². The number of hydrogen-bond acceptors (Lipinski definition) is 6. The number of unbranched alkanes of at least 4 members (excludes halogenated alkanes) is 14. The Morgan fingerprint density at radius 3 is 1.57 bits per heavy atom. The average molecular weight is 459 g/mol. The van der Waals surface area contributed by atoms with Crippen molar-refractivity contribution >= 4 is 16.1 Å². The van der Waals surface area contributed by atoms with Gasteiger partial charge in [-0.05, 0) is 6.42 Å². The fourth-order valence-corrected chi connectivity index (χ4v) is 3.51. The second-order valence-corrected chi connectivity index (χ2v) is 9.32. The van der Waals surface area contributed by atoms with Crippen molar-refractivity contribution in [3.63, 3.8) is 0 Å². The molecule has 30 heavy (non-hydrogen) atoms. The van der Waals surface area contributed by atoms with Gasteiger partial charge in [-0.2, -0.15) is 0 Å². The number of hydrogen-bond donors (Lipinski definition) is 0. The molecular weight excluding hydrogens is 415 g/mol. The van der Waals surface area contributed by atoms with E-state index in [0.29, 0.717) is 6.42 Å². The van der Waals surface area contributed by atoms with Gasteiger partial charge < -0.3 is 14.0 Å². The molecule has 0 amide bonds. The smallest absolute Gasteiger partial charge is 0.748 e. The van der Waals surface area contributed by atoms with Gasteiger partial charge in [0, 0.05) is 6.42 Å². The Morgan fingerprint density at radius 1 is 0.700 bits per heavy atom. The van der Waals surface area contributed by atoms with Crippen LogP contribution in [0.15, 0.2) is 0 Å². The zero-order valence-corrected chi connectivity index (χ0v) is 22.3. The Balaban J connectivity index is 0. The number of rotatable bonds is 22. The summed E-state index contributed by atoms with van der Waals surface area (Å²) >= 11 is 0. The average Bonchev–Trinajstić information content (AvgIpc) is 2.66. The summed E-state index contributed by atoms with van der Waals surface area (Å²) in [5, 5.41) is 0. The molecule has 0 rings (SSSR count). The van der Waals surface area contributed by atoms with Gasteiger partial charge in [0.25, 0.3) is 0 Å². The van der Waals surface area contributed by atoms with E-state index in [1.807, 2.05) is 0 Å². The molecule has 0 aliphatic heterocycles. The van der Waals surface area contributed by atoms with Crippen LogP contribution >= 0.6 is 0 Å². The third-order valence-corrected chi connectivity index (χ3v) is 5.62. The molecule has 0 atom stereocenters. The number of ether oxygens (including phenoxy) is 2. The van der Waals surface area contributed by atoms with Crippen LogP contribution in [0, 0.1) is 0 Å². The summed E-state index contributed by atoms with van der Waals surface area (Å²) in [7, 11) is -4.24. The van der Waals surface area contributed by atoms with Crippen LogP contribution < -0.4 is 29.6 Å². The molecule has 0 bridgehead atoms. The second-order valence-electron chi connectivity index (χ2n) is 7.79. The van der Waals surface area contributed by atoms with Gasteiger partial charge in [0.05, 0.1) is 29.1 Å². The predicted molar refractivity (Wildman–Crippen MR) is 116 cm³/mol. The van der Waals surface area contributed by atoms with E-state index >= 15 is 0 Å². The van der Waals surface area contributed by atoms with Gasteiger partial charge >= 0.3 is 35.5 Å². The Morgan fingerprint density at radius 2 is 1.13 bits per heavy atom. The van der Waals surface area contributed by atoms with Gasteiger partial charge in [-0.25, -0.2) is 8.42 Å². The molecule has 0 N–H and O–H groups in total. The molecule has 0 radical (unpaired) electrons. The minimum Gasteiger partial charge on any atom is -0.748 e. The maximum atomic E-state index is 11.5. The standard InChI is InChI=1S/C22H44O6S.Na/c1-2-3-4-5-6-7-8-9-10-11-12-13-14-15-16-17-22(23)28-19-18-27-20-21-29(24,25)26;/h2-21H2,1H3,(H,24,25,26);/q;+1/p-1. The quantitative estimate of drug-likeness (QED) is 0.107. The number of carbonyl (C=O) groups is 1. The summed E-state index contributed by atoms with van der Waals surface area (Å²) in [6.07, 6.45) is 19.7. The summed E-state index contributed by atoms with van der Waals surface area (Å²) in [6.45, 7) is 2.30. The van der Waals surface area contributed by atoms with Crippen LogP contribution in [-0.4, -0.2) is 44.5 Å². The number of carbonyl (C=O) groups excluding carboxylic acids is 1. The van der Waals surface area contributed by atoms with Crippen LogP contribution in [0.5, 0.6) is 0 Å². The third kappa shape index (κ3) is 28.3. The zero-order chi connectivity index (χ0) is 21.6. The van der Waals surface area contributed by atoms with Gasteiger partial charge in [-0.3, -0.25) is 4.79 Å². The van der Waals surface area contributed by atoms with E-state index < -0.39 is 15.9 Å². The zero-order valence-electron chi connectivity index (χ0n) is 19.5. The van der Waals surface area contributed by atoms with E-state index in [1.165, 1.54) is 77.0 Å². The summed E-state index contributed by atoms with van der Waals surface area (Å²) in [6, 6.07) is 0. The van der Waals surface area contributed by atoms with Crippen molar-refractivity contribution in [3.8, 4) is 0 Å². The first kappa shape index (κ1) is 32.5. The van der Waals surface area contributed by atoms with Crippen molar-refractivity contribution in [1.82, 2.24) is 0 Å². The van der Waals surface area contributed by atoms with Crippen LogP contribution in [0.2, 0.25) is 0 Å². The maximum absolute atomic E-state index is 11.5. The molecule has 0 fully saturated rings. The Hall–Kier alpha value is 0.340. The third-order valence-electron chi connectivity index (χ3n) is 4.95. The van der Waals surface area contributed by atoms with Gasteiger partial charge in [0.1, 0.15) is 6.61 Å². The molecule has 0 spiro atoms. The SMILES string of the molecule is CCCCCCCCCCCCCCCCCC(=O)OCCOCCS(=O)(=O)[O-].[Na+]. The molecule has 0 saturated heterocycles. The fourth-order valence-electron chi connectivity index (χ4n) is 3.19. The van der Waals surface area contributed by atoms with Crippen LogP contribution in [0.1, 0.15) is 110 Å². The molecule has 0 aliphatic carbocycles. The largest absolute Gasteiger partial charge is 1.00 e. The molecule has 0 aromatic carbocycles. The first-order chi connectivity index (χ1) is 14.0. The van der Waals surface area contributed by atoms with Gasteiger partial charge in [-0.15, -0.1) is 0 Å². The minimum atomic E-state index is -4.24. The van der Waals surface area contributed by atoms with E-state index in [1.54, 1.807) is 0 Å². The molecule has 0 saturated carbocycles. The molecule has 0 aromatic heterocycles. The fraction of sp³-hybridized carbons (Fsp3) is 0.955. The van der Waals surface area contributed by atoms with Gasteiger partial charge in [-0.1, -0.05) is 96.8 Å². The van der Waals surface area contributed by atoms with E-state index in [0.717, 1.165) is 19.3 Å². The maximum Gasteiger partial charge on any atom is 1.00 e. The van der Waals surface area contributed by atoms with E-state index in [-0.39, 0.29) is 55.3 Å². The molecule has 0 aromatic rings. The molecule has 6 nitrogen and oxygen atoms in total. The van der Waals surface area contributed by atoms with E-state index in [4.69, 9.17) is 9.47 Å². The van der Waals surface area contributed by atoms with Crippen molar-refractivity contribution in [2.24, 2.45) is 0 Å². The van der Waals surface area contributed by atoms with Gasteiger partial charge in [0.15, 0.2) is 0 Å². The van der Waals surface area contributed by atoms with Crippen LogP contribution in [0.4, 0.5) is 0 Å². The Kier molecular flexibility index (Phi) is 26.0. The molecular formula is C22H43NaO6S. The molecule has 0 heterocycles. The summed E-state index contributed by atoms with van der Waals surface area (Å²) in [5.74, 6) is -0.806. The Bertz CT molecular complexity index is 470. The predicted octanol–water partition coefficient (Wildman–Crippen LogP) is 2.36. The van der Waals surface area contributed by atoms with Crippen molar-refractivity contribution in [2.45, 2.75) is 110 Å². The second kappa shape index (κ2) is 24.0. The van der Waals surface area contributed by atoms with Crippen LogP contribution in [-0.2, 0) is 24.4 Å². The Labute approximate surface area is 207 Å². The van der Waals surface area contributed by atoms with Crippen molar-refractivity contribution in [1.29, 1.82) is 0 Å². The topological polar surface area (TPSA) is 92.7 Å². The molecule has 0 unspecified atom stereocenters.